The number of carbonyl (C=O) groups excluding carboxylic acids is 2. The highest BCUT2D eigenvalue weighted by Gasteiger charge is 2.29. The number of nitrogens with one attached hydrogen (secondary N) is 1. The normalized spacial score (nSPS) is 12.0. The van der Waals surface area contributed by atoms with E-state index >= 15 is 0 Å². The minimum Gasteiger partial charge on any atom is -0.496 e. The largest absolute Gasteiger partial charge is 0.496 e. The molecule has 5 heteroatoms. The van der Waals surface area contributed by atoms with Gasteiger partial charge in [-0.15, -0.1) is 0 Å². The van der Waals surface area contributed by atoms with Gasteiger partial charge in [-0.05, 0) is 34.4 Å². The van der Waals surface area contributed by atoms with Crippen molar-refractivity contribution in [2.24, 2.45) is 0 Å². The zero-order valence-electron chi connectivity index (χ0n) is 15.3. The minimum absolute atomic E-state index is 0.0194. The highest BCUT2D eigenvalue weighted by molar-refractivity contribution is 5.95. The minimum atomic E-state index is -0.613. The SMILES string of the molecule is COc1cccc(NC(=O)OCC2c3ccccc3-c3ccccc32)c1C=O. The fourth-order valence-corrected chi connectivity index (χ4v) is 3.70. The lowest BCUT2D eigenvalue weighted by Gasteiger charge is -2.15. The van der Waals surface area contributed by atoms with Crippen molar-refractivity contribution in [2.75, 3.05) is 19.0 Å². The summed E-state index contributed by atoms with van der Waals surface area (Å²) in [5.41, 5.74) is 5.26. The van der Waals surface area contributed by atoms with Crippen molar-refractivity contribution in [1.29, 1.82) is 0 Å². The summed E-state index contributed by atoms with van der Waals surface area (Å²) in [6.45, 7) is 0.209. The molecule has 0 heterocycles. The molecular formula is C23H19NO4. The third kappa shape index (κ3) is 3.11. The summed E-state index contributed by atoms with van der Waals surface area (Å²) in [7, 11) is 1.47. The smallest absolute Gasteiger partial charge is 0.411 e. The quantitative estimate of drug-likeness (QED) is 0.648. The Morgan fingerprint density at radius 2 is 1.61 bits per heavy atom. The molecule has 0 aromatic heterocycles. The Morgan fingerprint density at radius 1 is 0.964 bits per heavy atom. The molecule has 0 unspecified atom stereocenters. The number of methoxy groups -OCH3 is 1. The van der Waals surface area contributed by atoms with Crippen LogP contribution in [0.3, 0.4) is 0 Å². The predicted octanol–water partition coefficient (Wildman–Crippen LogP) is 4.87. The molecule has 0 saturated heterocycles. The fourth-order valence-electron chi connectivity index (χ4n) is 3.70. The lowest BCUT2D eigenvalue weighted by atomic mass is 9.98. The van der Waals surface area contributed by atoms with E-state index < -0.39 is 6.09 Å². The van der Waals surface area contributed by atoms with E-state index in [1.54, 1.807) is 18.2 Å². The molecule has 4 rings (SSSR count). The number of ether oxygens (including phenoxy) is 2. The molecule has 3 aromatic carbocycles. The number of carbonyl (C=O) groups is 2. The van der Waals surface area contributed by atoms with E-state index in [4.69, 9.17) is 9.47 Å². The van der Waals surface area contributed by atoms with Gasteiger partial charge in [-0.2, -0.15) is 0 Å². The van der Waals surface area contributed by atoms with E-state index in [1.165, 1.54) is 18.2 Å². The van der Waals surface area contributed by atoms with Crippen molar-refractivity contribution in [3.63, 3.8) is 0 Å². The predicted molar refractivity (Wildman–Crippen MR) is 107 cm³/mol. The summed E-state index contributed by atoms with van der Waals surface area (Å²) in [5, 5.41) is 2.64. The molecule has 0 bridgehead atoms. The molecule has 1 amide bonds. The van der Waals surface area contributed by atoms with Crippen LogP contribution in [-0.2, 0) is 4.74 Å². The van der Waals surface area contributed by atoms with Crippen molar-refractivity contribution in [2.45, 2.75) is 5.92 Å². The van der Waals surface area contributed by atoms with Crippen molar-refractivity contribution in [3.8, 4) is 16.9 Å². The molecule has 1 aliphatic rings. The first-order chi connectivity index (χ1) is 13.7. The van der Waals surface area contributed by atoms with Crippen LogP contribution in [0.5, 0.6) is 5.75 Å². The fraction of sp³-hybridized carbons (Fsp3) is 0.130. The molecule has 0 aliphatic heterocycles. The topological polar surface area (TPSA) is 64.6 Å². The van der Waals surface area contributed by atoms with Gasteiger partial charge in [-0.25, -0.2) is 4.79 Å². The molecule has 28 heavy (non-hydrogen) atoms. The monoisotopic (exact) mass is 373 g/mol. The second-order valence-corrected chi connectivity index (χ2v) is 6.49. The maximum Gasteiger partial charge on any atom is 0.411 e. The molecule has 1 N–H and O–H groups in total. The lowest BCUT2D eigenvalue weighted by Crippen LogP contribution is -2.18. The van der Waals surface area contributed by atoms with Crippen molar-refractivity contribution in [1.82, 2.24) is 0 Å². The summed E-state index contributed by atoms with van der Waals surface area (Å²) >= 11 is 0. The van der Waals surface area contributed by atoms with Crippen molar-refractivity contribution in [3.05, 3.63) is 83.4 Å². The van der Waals surface area contributed by atoms with Gasteiger partial charge in [0.05, 0.1) is 18.4 Å². The molecule has 140 valence electrons. The van der Waals surface area contributed by atoms with Crippen molar-refractivity contribution < 1.29 is 19.1 Å². The molecule has 3 aromatic rings. The number of aldehydes is 1. The van der Waals surface area contributed by atoms with E-state index in [-0.39, 0.29) is 18.1 Å². The number of hydrogen-bond donors (Lipinski definition) is 1. The number of amides is 1. The molecule has 0 fully saturated rings. The molecule has 0 spiro atoms. The van der Waals surface area contributed by atoms with Crippen LogP contribution in [0, 0.1) is 0 Å². The van der Waals surface area contributed by atoms with Gasteiger partial charge in [0.25, 0.3) is 0 Å². The van der Waals surface area contributed by atoms with Crippen LogP contribution in [0.4, 0.5) is 10.5 Å². The van der Waals surface area contributed by atoms with E-state index in [0.717, 1.165) is 11.1 Å². The van der Waals surface area contributed by atoms with Crippen LogP contribution in [0.15, 0.2) is 66.7 Å². The second kappa shape index (κ2) is 7.56. The Hall–Kier alpha value is -3.60. The standard InChI is InChI=1S/C23H19NO4/c1-27-22-12-6-11-21(19(22)13-25)24-23(26)28-14-20-17-9-4-2-7-15(17)16-8-3-5-10-18(16)20/h2-13,20H,14H2,1H3,(H,24,26). The highest BCUT2D eigenvalue weighted by Crippen LogP contribution is 2.44. The van der Waals surface area contributed by atoms with Gasteiger partial charge in [0.1, 0.15) is 12.4 Å². The van der Waals surface area contributed by atoms with Gasteiger partial charge in [0, 0.05) is 5.92 Å². The van der Waals surface area contributed by atoms with Crippen LogP contribution in [0.2, 0.25) is 0 Å². The first kappa shape index (κ1) is 17.8. The summed E-state index contributed by atoms with van der Waals surface area (Å²) in [5.74, 6) is 0.375. The van der Waals surface area contributed by atoms with E-state index in [1.807, 2.05) is 24.3 Å². The molecular weight excluding hydrogens is 354 g/mol. The highest BCUT2D eigenvalue weighted by atomic mass is 16.5. The van der Waals surface area contributed by atoms with Gasteiger partial charge in [-0.1, -0.05) is 54.6 Å². The number of rotatable bonds is 5. The maximum absolute atomic E-state index is 12.4. The van der Waals surface area contributed by atoms with Crippen LogP contribution < -0.4 is 10.1 Å². The number of benzene rings is 3. The van der Waals surface area contributed by atoms with Gasteiger partial charge >= 0.3 is 6.09 Å². The molecule has 5 nitrogen and oxygen atoms in total. The molecule has 1 aliphatic carbocycles. The Kier molecular flexibility index (Phi) is 4.81. The molecule has 0 radical (unpaired) electrons. The summed E-state index contributed by atoms with van der Waals surface area (Å²) in [6, 6.07) is 21.3. The van der Waals surface area contributed by atoms with E-state index in [9.17, 15) is 9.59 Å². The zero-order chi connectivity index (χ0) is 19.5. The second-order valence-electron chi connectivity index (χ2n) is 6.49. The number of fused-ring (bicyclic) bond motifs is 3. The van der Waals surface area contributed by atoms with Crippen LogP contribution in [0.1, 0.15) is 27.4 Å². The van der Waals surface area contributed by atoms with Gasteiger partial charge < -0.3 is 9.47 Å². The van der Waals surface area contributed by atoms with Crippen LogP contribution >= 0.6 is 0 Å². The summed E-state index contributed by atoms with van der Waals surface area (Å²) in [4.78, 5) is 23.7. The first-order valence-electron chi connectivity index (χ1n) is 8.97. The summed E-state index contributed by atoms with van der Waals surface area (Å²) < 4.78 is 10.7. The van der Waals surface area contributed by atoms with Crippen LogP contribution in [0.25, 0.3) is 11.1 Å². The first-order valence-corrected chi connectivity index (χ1v) is 8.97. The number of anilines is 1. The average molecular weight is 373 g/mol. The van der Waals surface area contributed by atoms with Crippen LogP contribution in [-0.4, -0.2) is 26.1 Å². The third-order valence-corrected chi connectivity index (χ3v) is 4.98. The maximum atomic E-state index is 12.4. The molecule has 0 atom stereocenters. The van der Waals surface area contributed by atoms with Crippen molar-refractivity contribution >= 4 is 18.1 Å². The Balaban J connectivity index is 1.51. The molecule has 0 saturated carbocycles. The zero-order valence-corrected chi connectivity index (χ0v) is 15.3. The summed E-state index contributed by atoms with van der Waals surface area (Å²) in [6.07, 6.45) is 0.0379. The van der Waals surface area contributed by atoms with Gasteiger partial charge in [0.2, 0.25) is 0 Å². The Morgan fingerprint density at radius 3 is 2.21 bits per heavy atom. The van der Waals surface area contributed by atoms with E-state index in [0.29, 0.717) is 17.7 Å². The van der Waals surface area contributed by atoms with Gasteiger partial charge in [-0.3, -0.25) is 10.1 Å². The Bertz CT molecular complexity index is 999. The van der Waals surface area contributed by atoms with E-state index in [2.05, 4.69) is 29.6 Å². The third-order valence-electron chi connectivity index (χ3n) is 4.98. The van der Waals surface area contributed by atoms with Gasteiger partial charge in [0.15, 0.2) is 6.29 Å². The average Bonchev–Trinajstić information content (AvgIpc) is 3.06. The Labute approximate surface area is 162 Å². The lowest BCUT2D eigenvalue weighted by molar-refractivity contribution is 0.112. The number of hydrogen-bond acceptors (Lipinski definition) is 4.